The fourth-order valence-electron chi connectivity index (χ4n) is 1.74. The van der Waals surface area contributed by atoms with Gasteiger partial charge in [0.15, 0.2) is 6.10 Å². The number of halogens is 1. The van der Waals surface area contributed by atoms with E-state index in [1.807, 2.05) is 19.9 Å². The molecule has 1 heterocycles. The Labute approximate surface area is 99.7 Å². The maximum atomic E-state index is 11.7. The molecule has 1 aromatic carbocycles. The first kappa shape index (κ1) is 11.3. The maximum absolute atomic E-state index is 11.7. The Balaban J connectivity index is 2.08. The predicted molar refractivity (Wildman–Crippen MR) is 62.9 cm³/mol. The molecule has 0 saturated carbocycles. The molecule has 1 aromatic rings. The van der Waals surface area contributed by atoms with Crippen LogP contribution in [-0.4, -0.2) is 18.1 Å². The highest BCUT2D eigenvalue weighted by molar-refractivity contribution is 6.30. The van der Waals surface area contributed by atoms with Gasteiger partial charge >= 0.3 is 0 Å². The van der Waals surface area contributed by atoms with E-state index in [4.69, 9.17) is 16.3 Å². The van der Waals surface area contributed by atoms with E-state index in [0.29, 0.717) is 11.4 Å². The molecule has 3 nitrogen and oxygen atoms in total. The Morgan fingerprint density at radius 1 is 1.56 bits per heavy atom. The second kappa shape index (κ2) is 4.34. The number of carbonyl (C=O) groups is 1. The number of hydrogen-bond donors (Lipinski definition) is 1. The van der Waals surface area contributed by atoms with E-state index in [1.165, 1.54) is 0 Å². The van der Waals surface area contributed by atoms with Crippen molar-refractivity contribution >= 4 is 17.5 Å². The van der Waals surface area contributed by atoms with Gasteiger partial charge in [-0.15, -0.1) is 0 Å². The lowest BCUT2D eigenvalue weighted by Crippen LogP contribution is -2.40. The van der Waals surface area contributed by atoms with E-state index in [2.05, 4.69) is 5.32 Å². The number of amides is 1. The molecule has 0 spiro atoms. The van der Waals surface area contributed by atoms with Crippen LogP contribution in [0.1, 0.15) is 19.4 Å². The highest BCUT2D eigenvalue weighted by Gasteiger charge is 2.29. The van der Waals surface area contributed by atoms with E-state index < -0.39 is 6.10 Å². The first-order chi connectivity index (χ1) is 7.56. The molecule has 1 amide bonds. The van der Waals surface area contributed by atoms with Crippen LogP contribution < -0.4 is 10.1 Å². The highest BCUT2D eigenvalue weighted by atomic mass is 35.5. The van der Waals surface area contributed by atoms with Crippen LogP contribution in [0.4, 0.5) is 0 Å². The summed E-state index contributed by atoms with van der Waals surface area (Å²) in [5.41, 5.74) is 0.997. The average Bonchev–Trinajstić information content (AvgIpc) is 2.59. The predicted octanol–water partition coefficient (Wildman–Crippen LogP) is 2.17. The van der Waals surface area contributed by atoms with Crippen LogP contribution in [0, 0.1) is 0 Å². The summed E-state index contributed by atoms with van der Waals surface area (Å²) in [4.78, 5) is 11.7. The standard InChI is InChI=1S/C12H14ClNO2/c1-7(2)14-12(15)11-6-8-5-9(13)3-4-10(8)16-11/h3-5,7,11H,6H2,1-2H3,(H,14,15)/t11-/m1/s1. The van der Waals surface area contributed by atoms with Crippen LogP contribution in [0.25, 0.3) is 0 Å². The van der Waals surface area contributed by atoms with E-state index in [9.17, 15) is 4.79 Å². The first-order valence-corrected chi connectivity index (χ1v) is 5.69. The summed E-state index contributed by atoms with van der Waals surface area (Å²) in [6, 6.07) is 5.55. The first-order valence-electron chi connectivity index (χ1n) is 5.31. The van der Waals surface area contributed by atoms with Crippen molar-refractivity contribution in [1.82, 2.24) is 5.32 Å². The number of ether oxygens (including phenoxy) is 1. The van der Waals surface area contributed by atoms with Crippen molar-refractivity contribution in [3.63, 3.8) is 0 Å². The summed E-state index contributed by atoms with van der Waals surface area (Å²) in [6.45, 7) is 3.85. The molecule has 4 heteroatoms. The molecular formula is C12H14ClNO2. The summed E-state index contributed by atoms with van der Waals surface area (Å²) in [5, 5.41) is 3.51. The van der Waals surface area contributed by atoms with Crippen molar-refractivity contribution in [2.24, 2.45) is 0 Å². The average molecular weight is 240 g/mol. The quantitative estimate of drug-likeness (QED) is 0.859. The number of rotatable bonds is 2. The third-order valence-corrected chi connectivity index (χ3v) is 2.66. The van der Waals surface area contributed by atoms with Gasteiger partial charge < -0.3 is 10.1 Å². The van der Waals surface area contributed by atoms with Gasteiger partial charge in [0, 0.05) is 17.5 Å². The van der Waals surface area contributed by atoms with Crippen LogP contribution in [-0.2, 0) is 11.2 Å². The van der Waals surface area contributed by atoms with Crippen molar-refractivity contribution in [2.45, 2.75) is 32.4 Å². The SMILES string of the molecule is CC(C)NC(=O)[C@H]1Cc2cc(Cl)ccc2O1. The second-order valence-corrected chi connectivity index (χ2v) is 4.66. The molecule has 1 aliphatic rings. The van der Waals surface area contributed by atoms with Gasteiger partial charge in [-0.1, -0.05) is 11.6 Å². The molecule has 1 aliphatic heterocycles. The zero-order valence-corrected chi connectivity index (χ0v) is 10.0. The topological polar surface area (TPSA) is 38.3 Å². The lowest BCUT2D eigenvalue weighted by atomic mass is 10.1. The number of hydrogen-bond acceptors (Lipinski definition) is 2. The van der Waals surface area contributed by atoms with E-state index in [0.717, 1.165) is 11.3 Å². The molecule has 0 aliphatic carbocycles. The third kappa shape index (κ3) is 2.30. The normalized spacial score (nSPS) is 18.1. The van der Waals surface area contributed by atoms with Gasteiger partial charge in [0.2, 0.25) is 0 Å². The molecular weight excluding hydrogens is 226 g/mol. The minimum atomic E-state index is -0.420. The molecule has 0 unspecified atom stereocenters. The van der Waals surface area contributed by atoms with E-state index in [-0.39, 0.29) is 11.9 Å². The smallest absolute Gasteiger partial charge is 0.261 e. The Kier molecular flexibility index (Phi) is 3.06. The summed E-state index contributed by atoms with van der Waals surface area (Å²) in [6.07, 6.45) is 0.171. The van der Waals surface area contributed by atoms with Gasteiger partial charge in [-0.05, 0) is 37.6 Å². The van der Waals surface area contributed by atoms with Gasteiger partial charge in [-0.2, -0.15) is 0 Å². The van der Waals surface area contributed by atoms with Gasteiger partial charge in [0.05, 0.1) is 0 Å². The summed E-state index contributed by atoms with van der Waals surface area (Å²) in [7, 11) is 0. The van der Waals surface area contributed by atoms with Crippen LogP contribution in [0.2, 0.25) is 5.02 Å². The fourth-order valence-corrected chi connectivity index (χ4v) is 1.94. The van der Waals surface area contributed by atoms with Crippen molar-refractivity contribution in [3.05, 3.63) is 28.8 Å². The Morgan fingerprint density at radius 2 is 2.31 bits per heavy atom. The van der Waals surface area contributed by atoms with Crippen LogP contribution in [0.3, 0.4) is 0 Å². The van der Waals surface area contributed by atoms with Crippen LogP contribution in [0.15, 0.2) is 18.2 Å². The summed E-state index contributed by atoms with van der Waals surface area (Å²) >= 11 is 5.88. The highest BCUT2D eigenvalue weighted by Crippen LogP contribution is 2.31. The van der Waals surface area contributed by atoms with Crippen molar-refractivity contribution in [1.29, 1.82) is 0 Å². The monoisotopic (exact) mass is 239 g/mol. The van der Waals surface area contributed by atoms with Gasteiger partial charge in [0.25, 0.3) is 5.91 Å². The Hall–Kier alpha value is -1.22. The van der Waals surface area contributed by atoms with Gasteiger partial charge in [-0.3, -0.25) is 4.79 Å². The fraction of sp³-hybridized carbons (Fsp3) is 0.417. The molecule has 2 rings (SSSR count). The van der Waals surface area contributed by atoms with Crippen LogP contribution >= 0.6 is 11.6 Å². The second-order valence-electron chi connectivity index (χ2n) is 4.23. The van der Waals surface area contributed by atoms with Gasteiger partial charge in [-0.25, -0.2) is 0 Å². The van der Waals surface area contributed by atoms with Crippen molar-refractivity contribution in [3.8, 4) is 5.75 Å². The van der Waals surface area contributed by atoms with Gasteiger partial charge in [0.1, 0.15) is 5.75 Å². The molecule has 16 heavy (non-hydrogen) atoms. The molecule has 0 fully saturated rings. The van der Waals surface area contributed by atoms with E-state index >= 15 is 0 Å². The third-order valence-electron chi connectivity index (χ3n) is 2.42. The largest absolute Gasteiger partial charge is 0.480 e. The molecule has 86 valence electrons. The molecule has 0 aromatic heterocycles. The Bertz CT molecular complexity index is 417. The van der Waals surface area contributed by atoms with Crippen LogP contribution in [0.5, 0.6) is 5.75 Å². The minimum absolute atomic E-state index is 0.0673. The summed E-state index contributed by atoms with van der Waals surface area (Å²) in [5.74, 6) is 0.690. The Morgan fingerprint density at radius 3 is 3.00 bits per heavy atom. The zero-order valence-electron chi connectivity index (χ0n) is 9.29. The molecule has 1 atom stereocenters. The zero-order chi connectivity index (χ0) is 11.7. The molecule has 0 bridgehead atoms. The number of fused-ring (bicyclic) bond motifs is 1. The number of carbonyl (C=O) groups excluding carboxylic acids is 1. The minimum Gasteiger partial charge on any atom is -0.480 e. The lowest BCUT2D eigenvalue weighted by molar-refractivity contribution is -0.127. The van der Waals surface area contributed by atoms with Crippen molar-refractivity contribution in [2.75, 3.05) is 0 Å². The number of benzene rings is 1. The van der Waals surface area contributed by atoms with E-state index in [1.54, 1.807) is 12.1 Å². The molecule has 0 saturated heterocycles. The lowest BCUT2D eigenvalue weighted by Gasteiger charge is -2.13. The summed E-state index contributed by atoms with van der Waals surface area (Å²) < 4.78 is 5.55. The maximum Gasteiger partial charge on any atom is 0.261 e. The number of nitrogens with one attached hydrogen (secondary N) is 1. The molecule has 0 radical (unpaired) electrons. The van der Waals surface area contributed by atoms with Crippen molar-refractivity contribution < 1.29 is 9.53 Å². The molecule has 1 N–H and O–H groups in total.